The predicted octanol–water partition coefficient (Wildman–Crippen LogP) is 0.578. The molecule has 6 nitrogen and oxygen atoms in total. The molecule has 1 unspecified atom stereocenters. The standard InChI is InChI=1S/C15H16N2O4/c18-13-10-4-1-2-5-11(10)14(19)17(13)8-9-21-15(20)12-6-3-7-16-12/h1-2,4-5,12,16H,3,6-9H2. The van der Waals surface area contributed by atoms with Crippen LogP contribution in [-0.4, -0.2) is 48.4 Å². The first kappa shape index (κ1) is 13.8. The Morgan fingerprint density at radius 2 is 1.90 bits per heavy atom. The van der Waals surface area contributed by atoms with Crippen LogP contribution in [0.25, 0.3) is 0 Å². The van der Waals surface area contributed by atoms with E-state index in [1.54, 1.807) is 24.3 Å². The van der Waals surface area contributed by atoms with Gasteiger partial charge in [-0.1, -0.05) is 12.1 Å². The van der Waals surface area contributed by atoms with Crippen molar-refractivity contribution in [2.24, 2.45) is 0 Å². The molecule has 1 aromatic rings. The number of ether oxygens (including phenoxy) is 1. The van der Waals surface area contributed by atoms with Crippen LogP contribution in [0, 0.1) is 0 Å². The highest BCUT2D eigenvalue weighted by atomic mass is 16.5. The number of carbonyl (C=O) groups is 3. The minimum Gasteiger partial charge on any atom is -0.463 e. The van der Waals surface area contributed by atoms with Gasteiger partial charge in [-0.05, 0) is 31.5 Å². The number of carbonyl (C=O) groups excluding carboxylic acids is 3. The van der Waals surface area contributed by atoms with Gasteiger partial charge < -0.3 is 10.1 Å². The molecular weight excluding hydrogens is 272 g/mol. The molecule has 0 radical (unpaired) electrons. The topological polar surface area (TPSA) is 75.7 Å². The first-order chi connectivity index (χ1) is 10.2. The van der Waals surface area contributed by atoms with Crippen molar-refractivity contribution < 1.29 is 19.1 Å². The lowest BCUT2D eigenvalue weighted by molar-refractivity contribution is -0.145. The minimum atomic E-state index is -0.328. The molecule has 1 atom stereocenters. The lowest BCUT2D eigenvalue weighted by atomic mass is 10.1. The second-order valence-corrected chi connectivity index (χ2v) is 5.12. The second kappa shape index (κ2) is 5.65. The summed E-state index contributed by atoms with van der Waals surface area (Å²) in [5.74, 6) is -0.972. The Morgan fingerprint density at radius 3 is 2.48 bits per heavy atom. The Labute approximate surface area is 122 Å². The number of amides is 2. The van der Waals surface area contributed by atoms with E-state index in [4.69, 9.17) is 4.74 Å². The van der Waals surface area contributed by atoms with Gasteiger partial charge in [0.15, 0.2) is 0 Å². The molecule has 0 bridgehead atoms. The van der Waals surface area contributed by atoms with Gasteiger partial charge in [-0.25, -0.2) is 0 Å². The van der Waals surface area contributed by atoms with Crippen molar-refractivity contribution >= 4 is 17.8 Å². The fourth-order valence-corrected chi connectivity index (χ4v) is 2.67. The number of nitrogens with one attached hydrogen (secondary N) is 1. The lowest BCUT2D eigenvalue weighted by Crippen LogP contribution is -2.36. The Morgan fingerprint density at radius 1 is 1.24 bits per heavy atom. The SMILES string of the molecule is O=C(OCCN1C(=O)c2ccccc2C1=O)C1CCCN1. The Balaban J connectivity index is 1.56. The zero-order valence-corrected chi connectivity index (χ0v) is 11.5. The fraction of sp³-hybridized carbons (Fsp3) is 0.400. The molecule has 2 amide bonds. The summed E-state index contributed by atoms with van der Waals surface area (Å²) in [5.41, 5.74) is 0.817. The highest BCUT2D eigenvalue weighted by Crippen LogP contribution is 2.21. The van der Waals surface area contributed by atoms with Crippen LogP contribution < -0.4 is 5.32 Å². The molecule has 3 rings (SSSR count). The predicted molar refractivity (Wildman–Crippen MR) is 73.8 cm³/mol. The summed E-state index contributed by atoms with van der Waals surface area (Å²) >= 11 is 0. The summed E-state index contributed by atoms with van der Waals surface area (Å²) in [6, 6.07) is 6.44. The molecule has 110 valence electrons. The molecule has 1 aromatic carbocycles. The molecule has 0 saturated carbocycles. The van der Waals surface area contributed by atoms with Gasteiger partial charge in [0.25, 0.3) is 11.8 Å². The van der Waals surface area contributed by atoms with Crippen molar-refractivity contribution in [3.63, 3.8) is 0 Å². The summed E-state index contributed by atoms with van der Waals surface area (Å²) in [5, 5.41) is 3.04. The molecule has 1 fully saturated rings. The number of hydrogen-bond acceptors (Lipinski definition) is 5. The van der Waals surface area contributed by atoms with Crippen LogP contribution in [0.5, 0.6) is 0 Å². The molecule has 6 heteroatoms. The van der Waals surface area contributed by atoms with Gasteiger partial charge >= 0.3 is 5.97 Å². The van der Waals surface area contributed by atoms with E-state index in [1.165, 1.54) is 0 Å². The molecule has 0 aliphatic carbocycles. The Hall–Kier alpha value is -2.21. The smallest absolute Gasteiger partial charge is 0.323 e. The van der Waals surface area contributed by atoms with Gasteiger partial charge in [0.2, 0.25) is 0 Å². The van der Waals surface area contributed by atoms with Crippen LogP contribution in [0.15, 0.2) is 24.3 Å². The maximum absolute atomic E-state index is 12.1. The van der Waals surface area contributed by atoms with Gasteiger partial charge in [-0.3, -0.25) is 19.3 Å². The molecule has 1 N–H and O–H groups in total. The van der Waals surface area contributed by atoms with E-state index in [0.717, 1.165) is 24.3 Å². The van der Waals surface area contributed by atoms with E-state index < -0.39 is 0 Å². The molecule has 0 spiro atoms. The summed E-state index contributed by atoms with van der Waals surface area (Å²) in [6.45, 7) is 0.936. The van der Waals surface area contributed by atoms with Crippen LogP contribution in [0.2, 0.25) is 0 Å². The summed E-state index contributed by atoms with van der Waals surface area (Å²) in [4.78, 5) is 37.0. The van der Waals surface area contributed by atoms with Crippen molar-refractivity contribution in [3.05, 3.63) is 35.4 Å². The normalized spacial score (nSPS) is 20.8. The highest BCUT2D eigenvalue weighted by molar-refractivity contribution is 6.21. The first-order valence-corrected chi connectivity index (χ1v) is 7.04. The summed E-state index contributed by atoms with van der Waals surface area (Å²) in [6.07, 6.45) is 1.73. The summed E-state index contributed by atoms with van der Waals surface area (Å²) < 4.78 is 5.14. The number of nitrogens with zero attached hydrogens (tertiary/aromatic N) is 1. The number of fused-ring (bicyclic) bond motifs is 1. The molecule has 1 saturated heterocycles. The number of imide groups is 1. The van der Waals surface area contributed by atoms with Crippen molar-refractivity contribution in [3.8, 4) is 0 Å². The van der Waals surface area contributed by atoms with E-state index in [1.807, 2.05) is 0 Å². The van der Waals surface area contributed by atoms with Crippen molar-refractivity contribution in [1.29, 1.82) is 0 Å². The molecule has 2 aliphatic heterocycles. The van der Waals surface area contributed by atoms with Gasteiger partial charge in [-0.2, -0.15) is 0 Å². The average molecular weight is 288 g/mol. The van der Waals surface area contributed by atoms with Gasteiger partial charge in [0.1, 0.15) is 12.6 Å². The van der Waals surface area contributed by atoms with E-state index >= 15 is 0 Å². The Kier molecular flexibility index (Phi) is 3.70. The number of rotatable bonds is 4. The highest BCUT2D eigenvalue weighted by Gasteiger charge is 2.35. The number of hydrogen-bond donors (Lipinski definition) is 1. The first-order valence-electron chi connectivity index (χ1n) is 7.04. The zero-order chi connectivity index (χ0) is 14.8. The molecular formula is C15H16N2O4. The molecule has 21 heavy (non-hydrogen) atoms. The molecule has 2 aliphatic rings. The van der Waals surface area contributed by atoms with E-state index in [9.17, 15) is 14.4 Å². The van der Waals surface area contributed by atoms with Crippen molar-refractivity contribution in [2.45, 2.75) is 18.9 Å². The Bertz CT molecular complexity index is 558. The van der Waals surface area contributed by atoms with Crippen LogP contribution in [0.3, 0.4) is 0 Å². The average Bonchev–Trinajstić information content (AvgIpc) is 3.11. The number of esters is 1. The zero-order valence-electron chi connectivity index (χ0n) is 11.5. The van der Waals surface area contributed by atoms with E-state index in [-0.39, 0.29) is 37.0 Å². The summed E-state index contributed by atoms with van der Waals surface area (Å²) in [7, 11) is 0. The van der Waals surface area contributed by atoms with Crippen LogP contribution in [0.4, 0.5) is 0 Å². The second-order valence-electron chi connectivity index (χ2n) is 5.12. The third kappa shape index (κ3) is 2.54. The van der Waals surface area contributed by atoms with Crippen LogP contribution >= 0.6 is 0 Å². The quantitative estimate of drug-likeness (QED) is 0.648. The van der Waals surface area contributed by atoms with Gasteiger partial charge in [0.05, 0.1) is 17.7 Å². The van der Waals surface area contributed by atoms with Crippen LogP contribution in [0.1, 0.15) is 33.6 Å². The van der Waals surface area contributed by atoms with Crippen molar-refractivity contribution in [1.82, 2.24) is 10.2 Å². The largest absolute Gasteiger partial charge is 0.463 e. The third-order valence-corrected chi connectivity index (χ3v) is 3.78. The lowest BCUT2D eigenvalue weighted by Gasteiger charge is -2.15. The minimum absolute atomic E-state index is 0.0302. The van der Waals surface area contributed by atoms with E-state index in [0.29, 0.717) is 11.1 Å². The molecule has 2 heterocycles. The van der Waals surface area contributed by atoms with Crippen LogP contribution in [-0.2, 0) is 9.53 Å². The van der Waals surface area contributed by atoms with Gasteiger partial charge in [-0.15, -0.1) is 0 Å². The molecule has 0 aromatic heterocycles. The van der Waals surface area contributed by atoms with E-state index in [2.05, 4.69) is 5.32 Å². The fourth-order valence-electron chi connectivity index (χ4n) is 2.67. The van der Waals surface area contributed by atoms with Crippen molar-refractivity contribution in [2.75, 3.05) is 19.7 Å². The van der Waals surface area contributed by atoms with Gasteiger partial charge in [0, 0.05) is 0 Å². The third-order valence-electron chi connectivity index (χ3n) is 3.78. The maximum atomic E-state index is 12.1. The maximum Gasteiger partial charge on any atom is 0.323 e. The number of benzene rings is 1. The monoisotopic (exact) mass is 288 g/mol.